The third kappa shape index (κ3) is 3.68. The normalized spacial score (nSPS) is 11.8. The van der Waals surface area contributed by atoms with Crippen molar-refractivity contribution in [3.05, 3.63) is 29.6 Å². The van der Waals surface area contributed by atoms with Crippen molar-refractivity contribution in [3.8, 4) is 11.5 Å². The van der Waals surface area contributed by atoms with E-state index in [0.717, 1.165) is 5.56 Å². The second kappa shape index (κ2) is 6.69. The highest BCUT2D eigenvalue weighted by Crippen LogP contribution is 2.25. The maximum atomic E-state index is 12.1. The summed E-state index contributed by atoms with van der Waals surface area (Å²) in [4.78, 5) is 12.1. The van der Waals surface area contributed by atoms with Crippen molar-refractivity contribution in [2.45, 2.75) is 19.4 Å². The lowest BCUT2D eigenvalue weighted by Gasteiger charge is -2.12. The average molecular weight is 291 g/mol. The smallest absolute Gasteiger partial charge is 0.225 e. The Morgan fingerprint density at radius 2 is 2.19 bits per heavy atom. The molecule has 21 heavy (non-hydrogen) atoms. The molecule has 1 unspecified atom stereocenters. The molecule has 8 nitrogen and oxygen atoms in total. The van der Waals surface area contributed by atoms with Crippen LogP contribution in [-0.4, -0.2) is 40.8 Å². The van der Waals surface area contributed by atoms with Crippen LogP contribution in [0.1, 0.15) is 24.4 Å². The molecule has 1 amide bonds. The van der Waals surface area contributed by atoms with E-state index < -0.39 is 0 Å². The number of carbonyl (C=O) groups is 1. The minimum absolute atomic E-state index is 0.157. The van der Waals surface area contributed by atoms with Crippen molar-refractivity contribution in [2.24, 2.45) is 0 Å². The van der Waals surface area contributed by atoms with Crippen molar-refractivity contribution < 1.29 is 14.3 Å². The van der Waals surface area contributed by atoms with E-state index in [-0.39, 0.29) is 18.4 Å². The number of hydrogen-bond acceptors (Lipinski definition) is 6. The number of tetrazole rings is 1. The van der Waals surface area contributed by atoms with Crippen LogP contribution >= 0.6 is 0 Å². The predicted molar refractivity (Wildman–Crippen MR) is 74.0 cm³/mol. The molecule has 0 bridgehead atoms. The Morgan fingerprint density at radius 3 is 2.81 bits per heavy atom. The Hall–Kier alpha value is -2.64. The van der Waals surface area contributed by atoms with Gasteiger partial charge in [-0.05, 0) is 13.0 Å². The van der Waals surface area contributed by atoms with Crippen LogP contribution in [0.4, 0.5) is 0 Å². The molecule has 0 aliphatic heterocycles. The molecule has 1 aromatic carbocycles. The first-order valence-electron chi connectivity index (χ1n) is 6.37. The van der Waals surface area contributed by atoms with Crippen LogP contribution in [-0.2, 0) is 11.2 Å². The number of aromatic nitrogens is 4. The van der Waals surface area contributed by atoms with Crippen LogP contribution in [0.15, 0.2) is 18.2 Å². The maximum absolute atomic E-state index is 12.1. The topological polar surface area (TPSA) is 102 Å². The molecular formula is C13H17N5O3. The third-order valence-electron chi connectivity index (χ3n) is 2.97. The number of carbonyl (C=O) groups excluding carboxylic acids is 1. The summed E-state index contributed by atoms with van der Waals surface area (Å²) in [6.45, 7) is 1.79. The molecule has 1 heterocycles. The van der Waals surface area contributed by atoms with Crippen molar-refractivity contribution in [2.75, 3.05) is 14.2 Å². The van der Waals surface area contributed by atoms with Gasteiger partial charge in [0.05, 0.1) is 26.7 Å². The standard InChI is InChI=1S/C13H17N5O3/c1-8(13-15-17-18-16-13)14-12(19)6-9-4-5-10(20-2)7-11(9)21-3/h4-5,7-8H,6H2,1-3H3,(H,14,19)(H,15,16,17,18). The first-order chi connectivity index (χ1) is 10.1. The average Bonchev–Trinajstić information content (AvgIpc) is 3.01. The Kier molecular flexibility index (Phi) is 4.70. The van der Waals surface area contributed by atoms with Crippen LogP contribution in [0.3, 0.4) is 0 Å². The van der Waals surface area contributed by atoms with Crippen LogP contribution in [0.25, 0.3) is 0 Å². The summed E-state index contributed by atoms with van der Waals surface area (Å²) in [6.07, 6.45) is 0.190. The molecule has 8 heteroatoms. The van der Waals surface area contributed by atoms with Crippen molar-refractivity contribution in [1.29, 1.82) is 0 Å². The van der Waals surface area contributed by atoms with E-state index in [2.05, 4.69) is 25.9 Å². The monoisotopic (exact) mass is 291 g/mol. The maximum Gasteiger partial charge on any atom is 0.225 e. The first-order valence-corrected chi connectivity index (χ1v) is 6.37. The molecule has 0 aliphatic rings. The van der Waals surface area contributed by atoms with Gasteiger partial charge in [-0.1, -0.05) is 11.3 Å². The van der Waals surface area contributed by atoms with E-state index in [4.69, 9.17) is 9.47 Å². The number of methoxy groups -OCH3 is 2. The van der Waals surface area contributed by atoms with Gasteiger partial charge in [0, 0.05) is 11.6 Å². The first kappa shape index (κ1) is 14.8. The van der Waals surface area contributed by atoms with Crippen molar-refractivity contribution in [3.63, 3.8) is 0 Å². The molecule has 1 aromatic heterocycles. The van der Waals surface area contributed by atoms with Crippen LogP contribution in [0.2, 0.25) is 0 Å². The number of amides is 1. The number of benzene rings is 1. The molecular weight excluding hydrogens is 274 g/mol. The number of nitrogens with one attached hydrogen (secondary N) is 2. The summed E-state index contributed by atoms with van der Waals surface area (Å²) in [5.41, 5.74) is 0.774. The summed E-state index contributed by atoms with van der Waals surface area (Å²) in [6, 6.07) is 5.01. The van der Waals surface area contributed by atoms with Crippen molar-refractivity contribution >= 4 is 5.91 Å². The van der Waals surface area contributed by atoms with E-state index in [0.29, 0.717) is 17.3 Å². The number of nitrogens with zero attached hydrogens (tertiary/aromatic N) is 3. The molecule has 112 valence electrons. The molecule has 0 saturated carbocycles. The van der Waals surface area contributed by atoms with E-state index in [1.54, 1.807) is 39.3 Å². The van der Waals surface area contributed by atoms with Crippen LogP contribution in [0.5, 0.6) is 11.5 Å². The van der Waals surface area contributed by atoms with Crippen LogP contribution < -0.4 is 14.8 Å². The minimum Gasteiger partial charge on any atom is -0.497 e. The van der Waals surface area contributed by atoms with Gasteiger partial charge in [0.2, 0.25) is 5.91 Å². The Morgan fingerprint density at radius 1 is 1.38 bits per heavy atom. The lowest BCUT2D eigenvalue weighted by molar-refractivity contribution is -0.121. The second-order valence-electron chi connectivity index (χ2n) is 4.41. The predicted octanol–water partition coefficient (Wildman–Crippen LogP) is 0.637. The van der Waals surface area contributed by atoms with Gasteiger partial charge in [0.1, 0.15) is 11.5 Å². The van der Waals surface area contributed by atoms with Gasteiger partial charge in [-0.2, -0.15) is 5.21 Å². The van der Waals surface area contributed by atoms with Gasteiger partial charge in [-0.25, -0.2) is 0 Å². The van der Waals surface area contributed by atoms with E-state index in [9.17, 15) is 4.79 Å². The molecule has 2 aromatic rings. The fourth-order valence-electron chi connectivity index (χ4n) is 1.88. The zero-order valence-electron chi connectivity index (χ0n) is 12.1. The lowest BCUT2D eigenvalue weighted by atomic mass is 10.1. The molecule has 2 N–H and O–H groups in total. The van der Waals surface area contributed by atoms with Gasteiger partial charge in [0.25, 0.3) is 0 Å². The molecule has 0 aliphatic carbocycles. The quantitative estimate of drug-likeness (QED) is 0.809. The summed E-state index contributed by atoms with van der Waals surface area (Å²) in [7, 11) is 3.13. The molecule has 0 saturated heterocycles. The largest absolute Gasteiger partial charge is 0.497 e. The third-order valence-corrected chi connectivity index (χ3v) is 2.97. The number of rotatable bonds is 6. The zero-order chi connectivity index (χ0) is 15.2. The molecule has 1 atom stereocenters. The highest BCUT2D eigenvalue weighted by Gasteiger charge is 2.15. The van der Waals surface area contributed by atoms with Gasteiger partial charge in [0.15, 0.2) is 5.82 Å². The second-order valence-corrected chi connectivity index (χ2v) is 4.41. The fourth-order valence-corrected chi connectivity index (χ4v) is 1.88. The van der Waals surface area contributed by atoms with E-state index in [1.807, 2.05) is 0 Å². The molecule has 0 radical (unpaired) electrons. The highest BCUT2D eigenvalue weighted by molar-refractivity contribution is 5.79. The molecule has 0 fully saturated rings. The summed E-state index contributed by atoms with van der Waals surface area (Å²) in [5.74, 6) is 1.56. The van der Waals surface area contributed by atoms with Gasteiger partial charge < -0.3 is 14.8 Å². The zero-order valence-corrected chi connectivity index (χ0v) is 12.1. The van der Waals surface area contributed by atoms with Crippen molar-refractivity contribution in [1.82, 2.24) is 25.9 Å². The fraction of sp³-hybridized carbons (Fsp3) is 0.385. The van der Waals surface area contributed by atoms with Gasteiger partial charge >= 0.3 is 0 Å². The summed E-state index contributed by atoms with van der Waals surface area (Å²) in [5, 5.41) is 16.3. The SMILES string of the molecule is COc1ccc(CC(=O)NC(C)c2nn[nH]n2)c(OC)c1. The minimum atomic E-state index is -0.319. The van der Waals surface area contributed by atoms with Crippen LogP contribution in [0, 0.1) is 0 Å². The Balaban J connectivity index is 2.02. The van der Waals surface area contributed by atoms with Gasteiger partial charge in [-0.15, -0.1) is 10.2 Å². The summed E-state index contributed by atoms with van der Waals surface area (Å²) >= 11 is 0. The number of hydrogen-bond donors (Lipinski definition) is 2. The lowest BCUT2D eigenvalue weighted by Crippen LogP contribution is -2.29. The summed E-state index contributed by atoms with van der Waals surface area (Å²) < 4.78 is 10.4. The Labute approximate surface area is 121 Å². The molecule has 0 spiro atoms. The highest BCUT2D eigenvalue weighted by atomic mass is 16.5. The number of ether oxygens (including phenoxy) is 2. The van der Waals surface area contributed by atoms with E-state index >= 15 is 0 Å². The molecule has 2 rings (SSSR count). The van der Waals surface area contributed by atoms with Gasteiger partial charge in [-0.3, -0.25) is 4.79 Å². The van der Waals surface area contributed by atoms with E-state index in [1.165, 1.54) is 0 Å². The Bertz CT molecular complexity index is 600. The number of aromatic amines is 1. The number of H-pyrrole nitrogens is 1.